The lowest BCUT2D eigenvalue weighted by Crippen LogP contribution is -1.79. The van der Waals surface area contributed by atoms with E-state index in [4.69, 9.17) is 5.41 Å². The maximum absolute atomic E-state index is 6.90. The molecule has 0 spiro atoms. The summed E-state index contributed by atoms with van der Waals surface area (Å²) in [5.74, 6) is 0. The zero-order valence-corrected chi connectivity index (χ0v) is 7.65. The molecule has 0 saturated carbocycles. The number of hydrogen-bond acceptors (Lipinski definition) is 1. The maximum Gasteiger partial charge on any atom is 0.0177 e. The van der Waals surface area contributed by atoms with Crippen molar-refractivity contribution >= 4 is 6.21 Å². The monoisotopic (exact) mass is 151 g/mol. The SMILES string of the molecule is CC/C(=C/C=N)CC=C(C)C. The summed E-state index contributed by atoms with van der Waals surface area (Å²) in [6.07, 6.45) is 7.46. The van der Waals surface area contributed by atoms with Crippen LogP contribution in [-0.4, -0.2) is 6.21 Å². The Balaban J connectivity index is 3.99. The third-order valence-electron chi connectivity index (χ3n) is 1.55. The van der Waals surface area contributed by atoms with Crippen LogP contribution in [0, 0.1) is 5.41 Å². The highest BCUT2D eigenvalue weighted by molar-refractivity contribution is 5.68. The van der Waals surface area contributed by atoms with Crippen LogP contribution < -0.4 is 0 Å². The van der Waals surface area contributed by atoms with Gasteiger partial charge in [0.2, 0.25) is 0 Å². The van der Waals surface area contributed by atoms with Gasteiger partial charge in [0.15, 0.2) is 0 Å². The first kappa shape index (κ1) is 10.2. The predicted molar refractivity (Wildman–Crippen MR) is 51.2 cm³/mol. The summed E-state index contributed by atoms with van der Waals surface area (Å²) >= 11 is 0. The Morgan fingerprint density at radius 1 is 1.36 bits per heavy atom. The summed E-state index contributed by atoms with van der Waals surface area (Å²) in [6.45, 7) is 6.31. The van der Waals surface area contributed by atoms with Crippen molar-refractivity contribution in [2.75, 3.05) is 0 Å². The summed E-state index contributed by atoms with van der Waals surface area (Å²) in [4.78, 5) is 0. The second-order valence-electron chi connectivity index (χ2n) is 2.83. The van der Waals surface area contributed by atoms with Crippen LogP contribution in [0.4, 0.5) is 0 Å². The van der Waals surface area contributed by atoms with E-state index in [1.807, 2.05) is 6.08 Å². The second-order valence-corrected chi connectivity index (χ2v) is 2.83. The molecule has 1 nitrogen and oxygen atoms in total. The summed E-state index contributed by atoms with van der Waals surface area (Å²) < 4.78 is 0. The van der Waals surface area contributed by atoms with Gasteiger partial charge in [0.25, 0.3) is 0 Å². The van der Waals surface area contributed by atoms with E-state index >= 15 is 0 Å². The van der Waals surface area contributed by atoms with E-state index in [1.165, 1.54) is 17.4 Å². The van der Waals surface area contributed by atoms with Crippen molar-refractivity contribution in [3.05, 3.63) is 23.3 Å². The number of hydrogen-bond donors (Lipinski definition) is 1. The van der Waals surface area contributed by atoms with E-state index in [9.17, 15) is 0 Å². The predicted octanol–water partition coefficient (Wildman–Crippen LogP) is 3.33. The van der Waals surface area contributed by atoms with Crippen LogP contribution in [0.5, 0.6) is 0 Å². The van der Waals surface area contributed by atoms with Crippen LogP contribution in [0.15, 0.2) is 23.3 Å². The van der Waals surface area contributed by atoms with Gasteiger partial charge >= 0.3 is 0 Å². The van der Waals surface area contributed by atoms with E-state index in [0.717, 1.165) is 12.8 Å². The molecule has 0 aromatic carbocycles. The first-order chi connectivity index (χ1) is 5.20. The van der Waals surface area contributed by atoms with Crippen LogP contribution >= 0.6 is 0 Å². The minimum atomic E-state index is 0.994. The zero-order chi connectivity index (χ0) is 8.69. The van der Waals surface area contributed by atoms with E-state index in [1.54, 1.807) is 0 Å². The molecule has 0 fully saturated rings. The molecule has 1 heteroatoms. The fourth-order valence-corrected chi connectivity index (χ4v) is 0.783. The lowest BCUT2D eigenvalue weighted by molar-refractivity contribution is 1.03. The minimum Gasteiger partial charge on any atom is -0.309 e. The van der Waals surface area contributed by atoms with Crippen molar-refractivity contribution in [3.63, 3.8) is 0 Å². The van der Waals surface area contributed by atoms with Gasteiger partial charge in [0.05, 0.1) is 0 Å². The molecule has 0 bridgehead atoms. The van der Waals surface area contributed by atoms with Crippen LogP contribution in [0.1, 0.15) is 33.6 Å². The number of rotatable bonds is 4. The van der Waals surface area contributed by atoms with Gasteiger partial charge in [0, 0.05) is 6.21 Å². The minimum absolute atomic E-state index is 0.994. The molecule has 0 amide bonds. The smallest absolute Gasteiger partial charge is 0.0177 e. The molecule has 0 radical (unpaired) electrons. The van der Waals surface area contributed by atoms with Crippen LogP contribution in [0.3, 0.4) is 0 Å². The quantitative estimate of drug-likeness (QED) is 0.470. The first-order valence-electron chi connectivity index (χ1n) is 4.02. The van der Waals surface area contributed by atoms with Gasteiger partial charge in [-0.2, -0.15) is 0 Å². The molecule has 0 rings (SSSR count). The van der Waals surface area contributed by atoms with Crippen LogP contribution in [0.2, 0.25) is 0 Å². The van der Waals surface area contributed by atoms with Crippen molar-refractivity contribution in [3.8, 4) is 0 Å². The lowest BCUT2D eigenvalue weighted by Gasteiger charge is -1.97. The Morgan fingerprint density at radius 2 is 2.00 bits per heavy atom. The first-order valence-corrected chi connectivity index (χ1v) is 4.02. The van der Waals surface area contributed by atoms with E-state index in [0.29, 0.717) is 0 Å². The van der Waals surface area contributed by atoms with Gasteiger partial charge in [-0.3, -0.25) is 0 Å². The van der Waals surface area contributed by atoms with Crippen molar-refractivity contribution in [2.45, 2.75) is 33.6 Å². The van der Waals surface area contributed by atoms with Gasteiger partial charge in [0.1, 0.15) is 0 Å². The van der Waals surface area contributed by atoms with Crippen molar-refractivity contribution in [2.24, 2.45) is 0 Å². The molecule has 0 aliphatic heterocycles. The molecule has 11 heavy (non-hydrogen) atoms. The fourth-order valence-electron chi connectivity index (χ4n) is 0.783. The van der Waals surface area contributed by atoms with Gasteiger partial charge in [-0.05, 0) is 32.8 Å². The number of allylic oxidation sites excluding steroid dienone is 4. The summed E-state index contributed by atoms with van der Waals surface area (Å²) in [5, 5.41) is 6.90. The Morgan fingerprint density at radius 3 is 2.36 bits per heavy atom. The molecule has 0 aliphatic carbocycles. The van der Waals surface area contributed by atoms with Gasteiger partial charge < -0.3 is 5.41 Å². The molecular formula is C10H17N. The molecule has 62 valence electrons. The van der Waals surface area contributed by atoms with Crippen LogP contribution in [0.25, 0.3) is 0 Å². The number of nitrogens with one attached hydrogen (secondary N) is 1. The molecule has 0 heterocycles. The topological polar surface area (TPSA) is 23.9 Å². The zero-order valence-electron chi connectivity index (χ0n) is 7.65. The molecule has 0 aromatic heterocycles. The van der Waals surface area contributed by atoms with E-state index in [2.05, 4.69) is 26.8 Å². The summed E-state index contributed by atoms with van der Waals surface area (Å²) in [5.41, 5.74) is 2.66. The van der Waals surface area contributed by atoms with Gasteiger partial charge in [-0.25, -0.2) is 0 Å². The normalized spacial score (nSPS) is 11.0. The fraction of sp³-hybridized carbons (Fsp3) is 0.500. The van der Waals surface area contributed by atoms with E-state index < -0.39 is 0 Å². The summed E-state index contributed by atoms with van der Waals surface area (Å²) in [7, 11) is 0. The second kappa shape index (κ2) is 5.90. The standard InChI is InChI=1S/C10H17N/c1-4-10(7-8-11)6-5-9(2)3/h5,7-8,11H,4,6H2,1-3H3/b10-7-,11-8?. The Hall–Kier alpha value is -0.850. The molecule has 0 atom stereocenters. The highest BCUT2D eigenvalue weighted by Crippen LogP contribution is 2.07. The molecule has 0 aliphatic rings. The molecule has 0 saturated heterocycles. The average molecular weight is 151 g/mol. The van der Waals surface area contributed by atoms with Crippen molar-refractivity contribution in [1.82, 2.24) is 0 Å². The summed E-state index contributed by atoms with van der Waals surface area (Å²) in [6, 6.07) is 0. The third kappa shape index (κ3) is 5.59. The molecule has 0 unspecified atom stereocenters. The highest BCUT2D eigenvalue weighted by Gasteiger charge is 1.88. The van der Waals surface area contributed by atoms with Crippen LogP contribution in [-0.2, 0) is 0 Å². The van der Waals surface area contributed by atoms with E-state index in [-0.39, 0.29) is 0 Å². The van der Waals surface area contributed by atoms with Gasteiger partial charge in [-0.15, -0.1) is 0 Å². The van der Waals surface area contributed by atoms with Crippen molar-refractivity contribution in [1.29, 1.82) is 5.41 Å². The third-order valence-corrected chi connectivity index (χ3v) is 1.55. The highest BCUT2D eigenvalue weighted by atomic mass is 14.3. The molecule has 1 N–H and O–H groups in total. The maximum atomic E-state index is 6.90. The van der Waals surface area contributed by atoms with Crippen molar-refractivity contribution < 1.29 is 0 Å². The average Bonchev–Trinajstić information content (AvgIpc) is 1.97. The largest absolute Gasteiger partial charge is 0.309 e. The molecule has 0 aromatic rings. The Bertz CT molecular complexity index is 171. The Labute approximate surface area is 69.3 Å². The Kier molecular flexibility index (Phi) is 5.44. The lowest BCUT2D eigenvalue weighted by atomic mass is 10.1. The van der Waals surface area contributed by atoms with Gasteiger partial charge in [-0.1, -0.05) is 24.1 Å². The molecular weight excluding hydrogens is 134 g/mol.